The minimum absolute atomic E-state index is 0.0236. The molecule has 2 nitrogen and oxygen atoms in total. The van der Waals surface area contributed by atoms with Gasteiger partial charge >= 0.3 is 0 Å². The Morgan fingerprint density at radius 3 is 2.24 bits per heavy atom. The normalized spacial score (nSPS) is 44.3. The van der Waals surface area contributed by atoms with Gasteiger partial charge in [0.1, 0.15) is 0 Å². The van der Waals surface area contributed by atoms with Crippen LogP contribution in [-0.2, 0) is 4.74 Å². The van der Waals surface area contributed by atoms with Gasteiger partial charge in [-0.1, -0.05) is 41.5 Å². The predicted molar refractivity (Wildman–Crippen MR) is 69.8 cm³/mol. The number of fused-ring (bicyclic) bond motifs is 2. The maximum absolute atomic E-state index is 10.5. The van der Waals surface area contributed by atoms with Crippen LogP contribution in [0.25, 0.3) is 0 Å². The molecule has 2 rings (SSSR count). The second kappa shape index (κ2) is 3.71. The van der Waals surface area contributed by atoms with E-state index in [1.807, 2.05) is 0 Å². The molecule has 0 saturated heterocycles. The third kappa shape index (κ3) is 1.84. The molecule has 0 amide bonds. The van der Waals surface area contributed by atoms with Crippen LogP contribution in [-0.4, -0.2) is 23.9 Å². The number of aliphatic hydroxyl groups excluding tert-OH is 1. The van der Waals surface area contributed by atoms with Gasteiger partial charge in [-0.15, -0.1) is 0 Å². The Morgan fingerprint density at radius 2 is 1.82 bits per heavy atom. The van der Waals surface area contributed by atoms with E-state index in [2.05, 4.69) is 41.5 Å². The molecule has 2 bridgehead atoms. The van der Waals surface area contributed by atoms with Crippen molar-refractivity contribution in [2.45, 2.75) is 66.6 Å². The largest absolute Gasteiger partial charge is 0.390 e. The van der Waals surface area contributed by atoms with Crippen molar-refractivity contribution < 1.29 is 9.84 Å². The molecule has 0 aliphatic heterocycles. The maximum Gasteiger partial charge on any atom is 0.0895 e. The van der Waals surface area contributed by atoms with E-state index in [0.717, 1.165) is 13.0 Å². The summed E-state index contributed by atoms with van der Waals surface area (Å²) in [7, 11) is 0. The van der Waals surface area contributed by atoms with Crippen LogP contribution in [0.2, 0.25) is 0 Å². The summed E-state index contributed by atoms with van der Waals surface area (Å²) >= 11 is 0. The molecular formula is C15H28O2. The van der Waals surface area contributed by atoms with Crippen LogP contribution in [0.15, 0.2) is 0 Å². The first kappa shape index (κ1) is 13.4. The molecule has 2 heteroatoms. The highest BCUT2D eigenvalue weighted by molar-refractivity contribution is 5.15. The molecule has 0 aromatic carbocycles. The summed E-state index contributed by atoms with van der Waals surface area (Å²) in [6.45, 7) is 14.2. The van der Waals surface area contributed by atoms with E-state index in [1.54, 1.807) is 0 Å². The van der Waals surface area contributed by atoms with Gasteiger partial charge in [-0.3, -0.25) is 0 Å². The van der Waals surface area contributed by atoms with Gasteiger partial charge in [0.25, 0.3) is 0 Å². The number of ether oxygens (including phenoxy) is 1. The van der Waals surface area contributed by atoms with Crippen molar-refractivity contribution >= 4 is 0 Å². The van der Waals surface area contributed by atoms with E-state index in [9.17, 15) is 5.11 Å². The van der Waals surface area contributed by atoms with Crippen molar-refractivity contribution in [2.24, 2.45) is 22.2 Å². The molecule has 0 unspecified atom stereocenters. The SMILES string of the molecule is CC(C)(C)CO[C@@H]1[C@H](O)[C@H]2CC[C@]1(C)C2(C)C. The lowest BCUT2D eigenvalue weighted by atomic mass is 9.70. The smallest absolute Gasteiger partial charge is 0.0895 e. The first-order valence-corrected chi connectivity index (χ1v) is 6.89. The van der Waals surface area contributed by atoms with Crippen LogP contribution in [0.4, 0.5) is 0 Å². The average Bonchev–Trinajstić information content (AvgIpc) is 2.43. The van der Waals surface area contributed by atoms with Gasteiger partial charge in [-0.25, -0.2) is 0 Å². The van der Waals surface area contributed by atoms with Gasteiger partial charge in [-0.05, 0) is 29.6 Å². The second-order valence-electron chi connectivity index (χ2n) is 8.07. The standard InChI is InChI=1S/C15H28O2/c1-13(2,3)9-17-12-11(16)10-7-8-15(12,6)14(10,4)5/h10-12,16H,7-9H2,1-6H3/t10-,11-,12-,15+/m1/s1. The minimum Gasteiger partial charge on any atom is -0.390 e. The highest BCUT2D eigenvalue weighted by Gasteiger charge is 2.66. The molecule has 1 N–H and O–H groups in total. The maximum atomic E-state index is 10.5. The predicted octanol–water partition coefficient (Wildman–Crippen LogP) is 3.23. The van der Waals surface area contributed by atoms with Crippen LogP contribution in [0.1, 0.15) is 54.4 Å². The highest BCUT2D eigenvalue weighted by atomic mass is 16.5. The Bertz CT molecular complexity index is 303. The van der Waals surface area contributed by atoms with E-state index in [-0.39, 0.29) is 28.5 Å². The third-order valence-electron chi connectivity index (χ3n) is 5.42. The second-order valence-corrected chi connectivity index (χ2v) is 8.07. The van der Waals surface area contributed by atoms with E-state index in [1.165, 1.54) is 6.42 Å². The number of hydrogen-bond donors (Lipinski definition) is 1. The summed E-state index contributed by atoms with van der Waals surface area (Å²) < 4.78 is 6.10. The summed E-state index contributed by atoms with van der Waals surface area (Å²) in [5.74, 6) is 0.414. The van der Waals surface area contributed by atoms with Gasteiger partial charge in [0, 0.05) is 5.41 Å². The molecule has 0 aromatic rings. The van der Waals surface area contributed by atoms with Crippen LogP contribution >= 0.6 is 0 Å². The summed E-state index contributed by atoms with van der Waals surface area (Å²) in [6, 6.07) is 0. The minimum atomic E-state index is -0.272. The summed E-state index contributed by atoms with van der Waals surface area (Å²) in [5, 5.41) is 10.5. The first-order chi connectivity index (χ1) is 7.59. The zero-order chi connectivity index (χ0) is 13.1. The van der Waals surface area contributed by atoms with E-state index < -0.39 is 0 Å². The molecule has 2 saturated carbocycles. The van der Waals surface area contributed by atoms with Gasteiger partial charge in [0.15, 0.2) is 0 Å². The van der Waals surface area contributed by atoms with Crippen molar-refractivity contribution in [1.82, 2.24) is 0 Å². The Hall–Kier alpha value is -0.0800. The summed E-state index contributed by atoms with van der Waals surface area (Å²) in [4.78, 5) is 0. The Kier molecular flexibility index (Phi) is 2.91. The molecule has 4 atom stereocenters. The molecule has 0 heterocycles. The van der Waals surface area contributed by atoms with Crippen LogP contribution in [0.5, 0.6) is 0 Å². The van der Waals surface area contributed by atoms with Crippen molar-refractivity contribution in [3.8, 4) is 0 Å². The van der Waals surface area contributed by atoms with Crippen LogP contribution in [0, 0.1) is 22.2 Å². The van der Waals surface area contributed by atoms with Crippen LogP contribution < -0.4 is 0 Å². The van der Waals surface area contributed by atoms with Crippen molar-refractivity contribution in [1.29, 1.82) is 0 Å². The monoisotopic (exact) mass is 240 g/mol. The van der Waals surface area contributed by atoms with Crippen molar-refractivity contribution in [2.75, 3.05) is 6.61 Å². The summed E-state index contributed by atoms with van der Waals surface area (Å²) in [5.41, 5.74) is 0.513. The molecule has 17 heavy (non-hydrogen) atoms. The Balaban J connectivity index is 2.15. The fourth-order valence-corrected chi connectivity index (χ4v) is 3.88. The molecule has 0 aromatic heterocycles. The van der Waals surface area contributed by atoms with Gasteiger partial charge < -0.3 is 9.84 Å². The molecular weight excluding hydrogens is 212 g/mol. The Labute approximate surface area is 106 Å². The molecule has 2 aliphatic carbocycles. The number of hydrogen-bond acceptors (Lipinski definition) is 2. The van der Waals surface area contributed by atoms with E-state index in [0.29, 0.717) is 5.92 Å². The topological polar surface area (TPSA) is 29.5 Å². The third-order valence-corrected chi connectivity index (χ3v) is 5.42. The van der Waals surface area contributed by atoms with Crippen molar-refractivity contribution in [3.05, 3.63) is 0 Å². The van der Waals surface area contributed by atoms with E-state index >= 15 is 0 Å². The number of rotatable bonds is 2. The molecule has 100 valence electrons. The van der Waals surface area contributed by atoms with E-state index in [4.69, 9.17) is 4.74 Å². The molecule has 0 spiro atoms. The van der Waals surface area contributed by atoms with Crippen molar-refractivity contribution in [3.63, 3.8) is 0 Å². The highest BCUT2D eigenvalue weighted by Crippen LogP contribution is 2.66. The quantitative estimate of drug-likeness (QED) is 0.803. The van der Waals surface area contributed by atoms with Gasteiger partial charge in [0.05, 0.1) is 18.8 Å². The fraction of sp³-hybridized carbons (Fsp3) is 1.00. The fourth-order valence-electron chi connectivity index (χ4n) is 3.88. The Morgan fingerprint density at radius 1 is 1.24 bits per heavy atom. The summed E-state index contributed by atoms with van der Waals surface area (Å²) in [6.07, 6.45) is 2.10. The lowest BCUT2D eigenvalue weighted by Gasteiger charge is -2.40. The molecule has 2 aliphatic rings. The molecule has 0 radical (unpaired) electrons. The average molecular weight is 240 g/mol. The first-order valence-electron chi connectivity index (χ1n) is 6.89. The zero-order valence-electron chi connectivity index (χ0n) is 12.2. The lowest BCUT2D eigenvalue weighted by Crippen LogP contribution is -2.43. The van der Waals surface area contributed by atoms with Gasteiger partial charge in [0.2, 0.25) is 0 Å². The number of aliphatic hydroxyl groups is 1. The zero-order valence-corrected chi connectivity index (χ0v) is 12.2. The lowest BCUT2D eigenvalue weighted by molar-refractivity contribution is -0.113. The van der Waals surface area contributed by atoms with Gasteiger partial charge in [-0.2, -0.15) is 0 Å². The molecule has 2 fully saturated rings. The van der Waals surface area contributed by atoms with Crippen LogP contribution in [0.3, 0.4) is 0 Å².